The Labute approximate surface area is 158 Å². The van der Waals surface area contributed by atoms with Gasteiger partial charge in [-0.2, -0.15) is 0 Å². The van der Waals surface area contributed by atoms with Crippen LogP contribution < -0.4 is 16.0 Å². The molecular formula is C19H26N4O4. The molecule has 1 aromatic heterocycles. The number of nitrogens with one attached hydrogen (secondary N) is 3. The molecule has 0 aliphatic carbocycles. The van der Waals surface area contributed by atoms with Gasteiger partial charge in [-0.15, -0.1) is 0 Å². The molecule has 4 N–H and O–H groups in total. The summed E-state index contributed by atoms with van der Waals surface area (Å²) in [7, 11) is 1.32. The predicted molar refractivity (Wildman–Crippen MR) is 104 cm³/mol. The molecule has 2 aromatic rings. The fraction of sp³-hybridized carbons (Fsp3) is 0.368. The second-order valence-electron chi connectivity index (χ2n) is 6.11. The lowest BCUT2D eigenvalue weighted by Gasteiger charge is -2.22. The molecular weight excluding hydrogens is 348 g/mol. The minimum Gasteiger partial charge on any atom is -0.466 e. The quantitative estimate of drug-likeness (QED) is 0.438. The summed E-state index contributed by atoms with van der Waals surface area (Å²) in [6, 6.07) is 10.8. The van der Waals surface area contributed by atoms with Crippen molar-refractivity contribution in [2.75, 3.05) is 25.5 Å². The van der Waals surface area contributed by atoms with Crippen molar-refractivity contribution in [3.63, 3.8) is 0 Å². The van der Waals surface area contributed by atoms with Crippen molar-refractivity contribution >= 4 is 17.7 Å². The van der Waals surface area contributed by atoms with E-state index in [2.05, 4.69) is 25.7 Å². The molecule has 0 saturated heterocycles. The Kier molecular flexibility index (Phi) is 7.25. The van der Waals surface area contributed by atoms with E-state index in [9.17, 15) is 9.90 Å². The monoisotopic (exact) mass is 374 g/mol. The second-order valence-corrected chi connectivity index (χ2v) is 6.11. The zero-order valence-corrected chi connectivity index (χ0v) is 15.8. The van der Waals surface area contributed by atoms with Crippen molar-refractivity contribution in [1.82, 2.24) is 10.6 Å². The van der Waals surface area contributed by atoms with E-state index in [1.807, 2.05) is 19.1 Å². The van der Waals surface area contributed by atoms with Gasteiger partial charge >= 0.3 is 6.09 Å². The number of furan rings is 1. The number of benzene rings is 1. The van der Waals surface area contributed by atoms with Gasteiger partial charge in [0.05, 0.1) is 26.5 Å². The van der Waals surface area contributed by atoms with Crippen LogP contribution in [0.15, 0.2) is 52.1 Å². The molecule has 1 atom stereocenters. The van der Waals surface area contributed by atoms with E-state index in [-0.39, 0.29) is 6.54 Å². The Morgan fingerprint density at radius 1 is 1.26 bits per heavy atom. The van der Waals surface area contributed by atoms with Crippen molar-refractivity contribution in [2.24, 2.45) is 4.99 Å². The smallest absolute Gasteiger partial charge is 0.411 e. The van der Waals surface area contributed by atoms with Crippen LogP contribution in [-0.2, 0) is 16.9 Å². The standard InChI is InChI=1S/C19H26N4O4/c1-4-20-17(22-13-19(2,25)16-6-5-11-27-16)21-12-14-7-9-15(10-8-14)23-18(24)26-3/h5-11,25H,4,12-13H2,1-3H3,(H,23,24)(H2,20,21,22). The van der Waals surface area contributed by atoms with E-state index in [1.54, 1.807) is 31.2 Å². The SMILES string of the molecule is CCNC(=NCc1ccc(NC(=O)OC)cc1)NCC(C)(O)c1ccco1. The zero-order valence-electron chi connectivity index (χ0n) is 15.8. The lowest BCUT2D eigenvalue weighted by atomic mass is 10.0. The number of hydrogen-bond acceptors (Lipinski definition) is 5. The number of guanidine groups is 1. The topological polar surface area (TPSA) is 108 Å². The molecule has 0 saturated carbocycles. The van der Waals surface area contributed by atoms with E-state index < -0.39 is 11.7 Å². The average Bonchev–Trinajstić information content (AvgIpc) is 3.21. The summed E-state index contributed by atoms with van der Waals surface area (Å²) in [4.78, 5) is 15.7. The number of amides is 1. The van der Waals surface area contributed by atoms with Crippen LogP contribution in [0.1, 0.15) is 25.2 Å². The Morgan fingerprint density at radius 2 is 2.00 bits per heavy atom. The normalized spacial score (nSPS) is 13.6. The molecule has 27 heavy (non-hydrogen) atoms. The highest BCUT2D eigenvalue weighted by molar-refractivity contribution is 5.84. The van der Waals surface area contributed by atoms with Crippen molar-refractivity contribution in [3.8, 4) is 0 Å². The van der Waals surface area contributed by atoms with Crippen LogP contribution in [0.4, 0.5) is 10.5 Å². The van der Waals surface area contributed by atoms with Crippen LogP contribution in [0.5, 0.6) is 0 Å². The molecule has 0 fully saturated rings. The molecule has 1 amide bonds. The molecule has 0 spiro atoms. The lowest BCUT2D eigenvalue weighted by Crippen LogP contribution is -2.44. The van der Waals surface area contributed by atoms with Gasteiger partial charge in [-0.1, -0.05) is 12.1 Å². The molecule has 2 rings (SSSR count). The summed E-state index contributed by atoms with van der Waals surface area (Å²) in [5.41, 5.74) is 0.468. The fourth-order valence-corrected chi connectivity index (χ4v) is 2.30. The van der Waals surface area contributed by atoms with Crippen LogP contribution in [0.2, 0.25) is 0 Å². The number of aliphatic imine (C=N–C) groups is 1. The first kappa shape index (κ1) is 20.3. The van der Waals surface area contributed by atoms with E-state index in [1.165, 1.54) is 13.4 Å². The number of anilines is 1. The Balaban J connectivity index is 1.95. The number of nitrogens with zero attached hydrogens (tertiary/aromatic N) is 1. The Morgan fingerprint density at radius 3 is 2.59 bits per heavy atom. The van der Waals surface area contributed by atoms with Crippen LogP contribution >= 0.6 is 0 Å². The summed E-state index contributed by atoms with van der Waals surface area (Å²) in [5.74, 6) is 1.07. The first-order chi connectivity index (χ1) is 12.9. The highest BCUT2D eigenvalue weighted by atomic mass is 16.5. The molecule has 1 unspecified atom stereocenters. The summed E-state index contributed by atoms with van der Waals surface area (Å²) in [6.45, 7) is 5.02. The van der Waals surface area contributed by atoms with Gasteiger partial charge in [-0.25, -0.2) is 9.79 Å². The highest BCUT2D eigenvalue weighted by Crippen LogP contribution is 2.19. The second kappa shape index (κ2) is 9.63. The van der Waals surface area contributed by atoms with Gasteiger partial charge in [0, 0.05) is 12.2 Å². The van der Waals surface area contributed by atoms with Gasteiger partial charge in [-0.05, 0) is 43.7 Å². The third kappa shape index (κ3) is 6.34. The summed E-state index contributed by atoms with van der Waals surface area (Å²) >= 11 is 0. The maximum Gasteiger partial charge on any atom is 0.411 e. The number of carbonyl (C=O) groups is 1. The van der Waals surface area contributed by atoms with Gasteiger partial charge in [-0.3, -0.25) is 5.32 Å². The van der Waals surface area contributed by atoms with Crippen molar-refractivity contribution < 1.29 is 19.1 Å². The summed E-state index contributed by atoms with van der Waals surface area (Å²) in [5, 5.41) is 19.4. The Bertz CT molecular complexity index is 740. The summed E-state index contributed by atoms with van der Waals surface area (Å²) in [6.07, 6.45) is 1.02. The third-order valence-electron chi connectivity index (χ3n) is 3.80. The molecule has 146 valence electrons. The average molecular weight is 374 g/mol. The molecule has 1 aromatic carbocycles. The van der Waals surface area contributed by atoms with E-state index >= 15 is 0 Å². The first-order valence-corrected chi connectivity index (χ1v) is 8.67. The van der Waals surface area contributed by atoms with Gasteiger partial charge < -0.3 is 24.9 Å². The highest BCUT2D eigenvalue weighted by Gasteiger charge is 2.26. The van der Waals surface area contributed by atoms with Crippen molar-refractivity contribution in [3.05, 3.63) is 54.0 Å². The van der Waals surface area contributed by atoms with Crippen molar-refractivity contribution in [1.29, 1.82) is 0 Å². The molecule has 8 heteroatoms. The number of hydrogen-bond donors (Lipinski definition) is 4. The maximum atomic E-state index is 11.2. The van der Waals surface area contributed by atoms with Crippen LogP contribution in [0, 0.1) is 0 Å². The van der Waals surface area contributed by atoms with Gasteiger partial charge in [0.2, 0.25) is 0 Å². The largest absolute Gasteiger partial charge is 0.466 e. The number of ether oxygens (including phenoxy) is 1. The van der Waals surface area contributed by atoms with Gasteiger partial charge in [0.15, 0.2) is 5.96 Å². The Hall–Kier alpha value is -3.00. The van der Waals surface area contributed by atoms with Crippen molar-refractivity contribution in [2.45, 2.75) is 26.0 Å². The number of methoxy groups -OCH3 is 1. The predicted octanol–water partition coefficient (Wildman–Crippen LogP) is 2.42. The maximum absolute atomic E-state index is 11.2. The van der Waals surface area contributed by atoms with Gasteiger partial charge in [0.1, 0.15) is 11.4 Å². The molecule has 0 radical (unpaired) electrons. The van der Waals surface area contributed by atoms with E-state index in [0.717, 1.165) is 5.56 Å². The van der Waals surface area contributed by atoms with E-state index in [0.29, 0.717) is 30.5 Å². The fourth-order valence-electron chi connectivity index (χ4n) is 2.30. The van der Waals surface area contributed by atoms with Crippen LogP contribution in [0.25, 0.3) is 0 Å². The zero-order chi connectivity index (χ0) is 19.7. The number of aliphatic hydroxyl groups is 1. The van der Waals surface area contributed by atoms with Gasteiger partial charge in [0.25, 0.3) is 0 Å². The van der Waals surface area contributed by atoms with E-state index in [4.69, 9.17) is 4.42 Å². The van der Waals surface area contributed by atoms with Crippen LogP contribution in [-0.4, -0.2) is 37.4 Å². The summed E-state index contributed by atoms with van der Waals surface area (Å²) < 4.78 is 9.83. The molecule has 8 nitrogen and oxygen atoms in total. The molecule has 0 aliphatic heterocycles. The molecule has 0 bridgehead atoms. The number of rotatable bonds is 7. The third-order valence-corrected chi connectivity index (χ3v) is 3.80. The number of carbonyl (C=O) groups excluding carboxylic acids is 1. The van der Waals surface area contributed by atoms with Crippen LogP contribution in [0.3, 0.4) is 0 Å². The minimum absolute atomic E-state index is 0.244. The first-order valence-electron chi connectivity index (χ1n) is 8.67. The molecule has 1 heterocycles. The minimum atomic E-state index is -1.15. The molecule has 0 aliphatic rings. The lowest BCUT2D eigenvalue weighted by molar-refractivity contribution is 0.0386.